The number of aromatic nitrogens is 2. The molecule has 2 aromatic heterocycles. The average molecular weight is 567 g/mol. The maximum Gasteiger partial charge on any atom is 0.115 e. The third kappa shape index (κ3) is 4.27. The van der Waals surface area contributed by atoms with Crippen molar-refractivity contribution >= 4 is 49.3 Å². The van der Waals surface area contributed by atoms with E-state index in [1.807, 2.05) is 24.3 Å². The fraction of sp³-hybridized carbons (Fsp3) is 0.0250. The minimum absolute atomic E-state index is 0.489. The second-order valence-corrected chi connectivity index (χ2v) is 11.0. The van der Waals surface area contributed by atoms with Crippen LogP contribution in [-0.2, 0) is 6.67 Å². The Morgan fingerprint density at radius 2 is 1.07 bits per heavy atom. The third-order valence-electron chi connectivity index (χ3n) is 8.50. The fourth-order valence-electron chi connectivity index (χ4n) is 6.48. The van der Waals surface area contributed by atoms with Crippen molar-refractivity contribution in [3.8, 4) is 16.8 Å². The Hall–Kier alpha value is -5.87. The number of benzene rings is 6. The first-order valence-electron chi connectivity index (χ1n) is 14.9. The summed E-state index contributed by atoms with van der Waals surface area (Å²) in [6.07, 6.45) is 3.42. The fourth-order valence-corrected chi connectivity index (χ4v) is 6.48. The Bertz CT molecular complexity index is 2360. The van der Waals surface area contributed by atoms with Crippen molar-refractivity contribution < 1.29 is 0 Å². The van der Waals surface area contributed by atoms with Gasteiger partial charge in [-0.25, -0.2) is 0 Å². The van der Waals surface area contributed by atoms with Crippen LogP contribution in [0.5, 0.6) is 0 Å². The summed E-state index contributed by atoms with van der Waals surface area (Å²) in [6, 6.07) is 51.7. The number of nitrogens with zero attached hydrogens (tertiary/aromatic N) is 3. The molecule has 2 heterocycles. The van der Waals surface area contributed by atoms with Crippen LogP contribution < -0.4 is 5.73 Å². The molecule has 0 radical (unpaired) electrons. The Morgan fingerprint density at radius 3 is 1.77 bits per heavy atom. The van der Waals surface area contributed by atoms with Gasteiger partial charge in [0.2, 0.25) is 0 Å². The highest BCUT2D eigenvalue weighted by Gasteiger charge is 2.15. The van der Waals surface area contributed by atoms with E-state index in [1.165, 1.54) is 49.4 Å². The lowest BCUT2D eigenvalue weighted by molar-refractivity contribution is 0.793. The van der Waals surface area contributed by atoms with Gasteiger partial charge in [0.15, 0.2) is 0 Å². The van der Waals surface area contributed by atoms with Gasteiger partial charge in [0.1, 0.15) is 6.67 Å². The molecule has 0 saturated carbocycles. The molecule has 4 heteroatoms. The monoisotopic (exact) mass is 566 g/mol. The highest BCUT2D eigenvalue weighted by Crippen LogP contribution is 2.37. The van der Waals surface area contributed by atoms with Crippen LogP contribution in [0, 0.1) is 0 Å². The predicted molar refractivity (Wildman–Crippen MR) is 186 cm³/mol. The van der Waals surface area contributed by atoms with Crippen LogP contribution in [0.1, 0.15) is 5.56 Å². The summed E-state index contributed by atoms with van der Waals surface area (Å²) in [5.74, 6) is 0. The van der Waals surface area contributed by atoms with Gasteiger partial charge < -0.3 is 14.9 Å². The number of aliphatic imine (C=N–C) groups is 1. The van der Waals surface area contributed by atoms with Gasteiger partial charge in [-0.1, -0.05) is 97.1 Å². The Labute approximate surface area is 255 Å². The number of nitrogens with two attached hydrogens (primary N) is 1. The lowest BCUT2D eigenvalue weighted by atomic mass is 10.0. The van der Waals surface area contributed by atoms with Gasteiger partial charge in [-0.15, -0.1) is 0 Å². The van der Waals surface area contributed by atoms with Crippen molar-refractivity contribution in [2.45, 2.75) is 6.67 Å². The molecular formula is C40H30N4. The molecule has 0 fully saturated rings. The zero-order valence-electron chi connectivity index (χ0n) is 24.1. The quantitative estimate of drug-likeness (QED) is 0.200. The molecule has 2 N–H and O–H groups in total. The van der Waals surface area contributed by atoms with E-state index in [2.05, 4.69) is 137 Å². The van der Waals surface area contributed by atoms with E-state index >= 15 is 0 Å². The number of rotatable bonds is 6. The standard InChI is InChI=1S/C40H30N4/c41-24-23-36(28-11-3-1-4-12-28)42-27-43-37-17-9-7-15-32(37)34-25-29(19-21-38(34)43)30-20-22-40-35(26-30)33-16-8-10-18-39(33)44(40)31-13-5-2-6-14-31/h1-26H,27,41H2/b24-23-,42-36?. The molecule has 4 nitrogen and oxygen atoms in total. The molecule has 0 aliphatic rings. The zero-order valence-corrected chi connectivity index (χ0v) is 24.1. The van der Waals surface area contributed by atoms with Crippen LogP contribution in [0.4, 0.5) is 0 Å². The maximum absolute atomic E-state index is 5.80. The maximum atomic E-state index is 5.80. The molecule has 0 saturated heterocycles. The second-order valence-electron chi connectivity index (χ2n) is 11.0. The number of para-hydroxylation sites is 3. The molecular weight excluding hydrogens is 536 g/mol. The molecule has 0 amide bonds. The molecule has 44 heavy (non-hydrogen) atoms. The summed E-state index contributed by atoms with van der Waals surface area (Å²) >= 11 is 0. The first-order valence-corrected chi connectivity index (χ1v) is 14.9. The molecule has 0 unspecified atom stereocenters. The summed E-state index contributed by atoms with van der Waals surface area (Å²) in [5.41, 5.74) is 16.0. The number of fused-ring (bicyclic) bond motifs is 6. The van der Waals surface area contributed by atoms with E-state index in [4.69, 9.17) is 10.7 Å². The lowest BCUT2D eigenvalue weighted by Gasteiger charge is -2.09. The van der Waals surface area contributed by atoms with Gasteiger partial charge in [0.25, 0.3) is 0 Å². The van der Waals surface area contributed by atoms with Crippen LogP contribution >= 0.6 is 0 Å². The van der Waals surface area contributed by atoms with E-state index in [0.717, 1.165) is 22.3 Å². The van der Waals surface area contributed by atoms with Crippen LogP contribution in [0.3, 0.4) is 0 Å². The Kier molecular flexibility index (Phi) is 6.31. The van der Waals surface area contributed by atoms with Gasteiger partial charge in [-0.05, 0) is 77.5 Å². The van der Waals surface area contributed by atoms with Crippen molar-refractivity contribution in [1.29, 1.82) is 0 Å². The SMILES string of the molecule is N/C=C\C(=NCn1c2ccccc2c2cc(-c3ccc4c(c3)c3ccccc3n4-c3ccccc3)ccc21)c1ccccc1. The summed E-state index contributed by atoms with van der Waals surface area (Å²) in [5, 5.41) is 4.94. The molecule has 0 spiro atoms. The van der Waals surface area contributed by atoms with Crippen LogP contribution in [0.25, 0.3) is 60.4 Å². The topological polar surface area (TPSA) is 48.2 Å². The van der Waals surface area contributed by atoms with E-state index in [-0.39, 0.29) is 0 Å². The molecule has 0 atom stereocenters. The molecule has 8 rings (SSSR count). The van der Waals surface area contributed by atoms with Crippen LogP contribution in [0.2, 0.25) is 0 Å². The highest BCUT2D eigenvalue weighted by molar-refractivity contribution is 6.12. The molecule has 0 aliphatic carbocycles. The number of hydrogen-bond donors (Lipinski definition) is 1. The van der Waals surface area contributed by atoms with Gasteiger partial charge in [0.05, 0.1) is 27.8 Å². The Morgan fingerprint density at radius 1 is 0.545 bits per heavy atom. The lowest BCUT2D eigenvalue weighted by Crippen LogP contribution is -2.02. The van der Waals surface area contributed by atoms with Crippen molar-refractivity contribution in [2.24, 2.45) is 10.7 Å². The van der Waals surface area contributed by atoms with E-state index in [1.54, 1.807) is 6.20 Å². The molecule has 0 aliphatic heterocycles. The summed E-state index contributed by atoms with van der Waals surface area (Å²) in [7, 11) is 0. The Balaban J connectivity index is 1.26. The van der Waals surface area contributed by atoms with Crippen molar-refractivity contribution in [2.75, 3.05) is 0 Å². The van der Waals surface area contributed by atoms with Crippen molar-refractivity contribution in [3.63, 3.8) is 0 Å². The summed E-state index contributed by atoms with van der Waals surface area (Å²) in [6.45, 7) is 0.489. The van der Waals surface area contributed by atoms with Gasteiger partial charge >= 0.3 is 0 Å². The summed E-state index contributed by atoms with van der Waals surface area (Å²) in [4.78, 5) is 5.01. The van der Waals surface area contributed by atoms with Gasteiger partial charge in [0, 0.05) is 27.2 Å². The van der Waals surface area contributed by atoms with E-state index < -0.39 is 0 Å². The third-order valence-corrected chi connectivity index (χ3v) is 8.50. The average Bonchev–Trinajstić information content (AvgIpc) is 3.59. The first-order chi connectivity index (χ1) is 21.8. The smallest absolute Gasteiger partial charge is 0.115 e. The number of allylic oxidation sites excluding steroid dienone is 1. The zero-order chi connectivity index (χ0) is 29.5. The predicted octanol–water partition coefficient (Wildman–Crippen LogP) is 9.48. The normalized spacial score (nSPS) is 12.3. The molecule has 0 bridgehead atoms. The second kappa shape index (κ2) is 10.8. The van der Waals surface area contributed by atoms with E-state index in [0.29, 0.717) is 6.67 Å². The van der Waals surface area contributed by atoms with E-state index in [9.17, 15) is 0 Å². The van der Waals surface area contributed by atoms with Crippen molar-refractivity contribution in [1.82, 2.24) is 9.13 Å². The van der Waals surface area contributed by atoms with Crippen LogP contribution in [0.15, 0.2) is 163 Å². The van der Waals surface area contributed by atoms with Crippen molar-refractivity contribution in [3.05, 3.63) is 163 Å². The summed E-state index contributed by atoms with van der Waals surface area (Å²) < 4.78 is 4.65. The van der Waals surface area contributed by atoms with Gasteiger partial charge in [-0.2, -0.15) is 0 Å². The van der Waals surface area contributed by atoms with Crippen LogP contribution in [-0.4, -0.2) is 14.8 Å². The number of hydrogen-bond acceptors (Lipinski definition) is 2. The highest BCUT2D eigenvalue weighted by atomic mass is 15.1. The molecule has 210 valence electrons. The molecule has 8 aromatic rings. The van der Waals surface area contributed by atoms with Gasteiger partial charge in [-0.3, -0.25) is 4.99 Å². The minimum atomic E-state index is 0.489. The minimum Gasteiger partial charge on any atom is -0.405 e. The first kappa shape index (κ1) is 25.8. The molecule has 6 aromatic carbocycles. The largest absolute Gasteiger partial charge is 0.405 e.